The van der Waals surface area contributed by atoms with Gasteiger partial charge in [0.15, 0.2) is 0 Å². The first kappa shape index (κ1) is 32.3. The molecular weight excluding hydrogens is 568 g/mol. The van der Waals surface area contributed by atoms with E-state index in [1.807, 2.05) is 0 Å². The maximum absolute atomic E-state index is 6.27. The average molecular weight is 619 g/mol. The van der Waals surface area contributed by atoms with Crippen LogP contribution in [0, 0.1) is 17.8 Å². The molecule has 0 saturated carbocycles. The molecule has 2 aliphatic rings. The van der Waals surface area contributed by atoms with Crippen molar-refractivity contribution in [2.45, 2.75) is 65.2 Å². The fourth-order valence-corrected chi connectivity index (χ4v) is 6.66. The second-order valence-corrected chi connectivity index (χ2v) is 14.5. The highest BCUT2D eigenvalue weighted by molar-refractivity contribution is 5.52. The van der Waals surface area contributed by atoms with E-state index in [9.17, 15) is 0 Å². The van der Waals surface area contributed by atoms with Crippen LogP contribution in [-0.4, -0.2) is 39.6 Å². The van der Waals surface area contributed by atoms with E-state index in [-0.39, 0.29) is 21.7 Å². The van der Waals surface area contributed by atoms with Crippen LogP contribution in [-0.2, 0) is 20.3 Å². The molecule has 0 unspecified atom stereocenters. The molecule has 6 rings (SSSR count). The minimum absolute atomic E-state index is 0.108. The molecule has 2 fully saturated rings. The smallest absolute Gasteiger partial charge is 0.119 e. The van der Waals surface area contributed by atoms with Crippen molar-refractivity contribution in [3.8, 4) is 11.5 Å². The van der Waals surface area contributed by atoms with Crippen molar-refractivity contribution >= 4 is 0 Å². The van der Waals surface area contributed by atoms with E-state index in [2.05, 4.69) is 139 Å². The number of hydrogen-bond donors (Lipinski definition) is 0. The normalized spacial score (nSPS) is 17.1. The Morgan fingerprint density at radius 2 is 0.848 bits per heavy atom. The third-order valence-corrected chi connectivity index (χ3v) is 11.0. The van der Waals surface area contributed by atoms with Gasteiger partial charge in [-0.1, -0.05) is 106 Å². The molecule has 242 valence electrons. The molecule has 0 spiro atoms. The minimum Gasteiger partial charge on any atom is -0.493 e. The van der Waals surface area contributed by atoms with E-state index < -0.39 is 0 Å². The van der Waals surface area contributed by atoms with Crippen molar-refractivity contribution in [1.82, 2.24) is 0 Å². The topological polar surface area (TPSA) is 36.9 Å². The zero-order chi connectivity index (χ0) is 32.4. The van der Waals surface area contributed by atoms with Gasteiger partial charge in [0.1, 0.15) is 11.5 Å². The van der Waals surface area contributed by atoms with Gasteiger partial charge in [-0.2, -0.15) is 0 Å². The summed E-state index contributed by atoms with van der Waals surface area (Å²) in [6.07, 6.45) is 2.12. The van der Waals surface area contributed by atoms with Gasteiger partial charge in [-0.3, -0.25) is 0 Å². The SMILES string of the molecule is CCC1(COc2ccc(C(C)(c3ccc(OCC4(CC)COC4)cc3)c3ccc(C(C)(C)c4ccc(C)cc4)cc3)cc2)COC1. The third-order valence-electron chi connectivity index (χ3n) is 11.0. The summed E-state index contributed by atoms with van der Waals surface area (Å²) in [4.78, 5) is 0. The number of aryl methyl sites for hydroxylation is 1. The molecule has 0 atom stereocenters. The van der Waals surface area contributed by atoms with E-state index >= 15 is 0 Å². The molecule has 0 aromatic heterocycles. The molecule has 0 amide bonds. The maximum Gasteiger partial charge on any atom is 0.119 e. The van der Waals surface area contributed by atoms with Crippen molar-refractivity contribution in [2.75, 3.05) is 39.6 Å². The number of benzene rings is 4. The minimum atomic E-state index is -0.386. The van der Waals surface area contributed by atoms with Crippen molar-refractivity contribution < 1.29 is 18.9 Å². The maximum atomic E-state index is 6.27. The Labute approximate surface area is 276 Å². The van der Waals surface area contributed by atoms with Crippen LogP contribution >= 0.6 is 0 Å². The van der Waals surface area contributed by atoms with Gasteiger partial charge in [-0.25, -0.2) is 0 Å². The summed E-state index contributed by atoms with van der Waals surface area (Å²) in [5.41, 5.74) is 7.36. The van der Waals surface area contributed by atoms with Crippen LogP contribution in [0.25, 0.3) is 0 Å². The van der Waals surface area contributed by atoms with Crippen molar-refractivity contribution in [2.24, 2.45) is 10.8 Å². The van der Waals surface area contributed by atoms with Crippen molar-refractivity contribution in [3.63, 3.8) is 0 Å². The van der Waals surface area contributed by atoms with Gasteiger partial charge in [-0.05, 0) is 78.8 Å². The van der Waals surface area contributed by atoms with E-state index in [0.29, 0.717) is 13.2 Å². The molecular formula is C42H50O4. The molecule has 2 saturated heterocycles. The van der Waals surface area contributed by atoms with Crippen LogP contribution in [0.5, 0.6) is 11.5 Å². The Bertz CT molecular complexity index is 1500. The summed E-state index contributed by atoms with van der Waals surface area (Å²) in [6, 6.07) is 35.5. The van der Waals surface area contributed by atoms with E-state index in [1.54, 1.807) is 0 Å². The summed E-state index contributed by atoms with van der Waals surface area (Å²) in [6.45, 7) is 18.0. The molecule has 2 heterocycles. The predicted octanol–water partition coefficient (Wildman–Crippen LogP) is 9.29. The Balaban J connectivity index is 1.29. The monoisotopic (exact) mass is 618 g/mol. The van der Waals surface area contributed by atoms with Crippen molar-refractivity contribution in [1.29, 1.82) is 0 Å². The quantitative estimate of drug-likeness (QED) is 0.140. The first-order chi connectivity index (χ1) is 22.1. The van der Waals surface area contributed by atoms with Crippen LogP contribution in [0.15, 0.2) is 97.1 Å². The Morgan fingerprint density at radius 3 is 1.17 bits per heavy atom. The Kier molecular flexibility index (Phi) is 9.06. The molecule has 4 nitrogen and oxygen atoms in total. The molecule has 0 bridgehead atoms. The lowest BCUT2D eigenvalue weighted by Crippen LogP contribution is -2.46. The fraction of sp³-hybridized carbons (Fsp3) is 0.429. The first-order valence-electron chi connectivity index (χ1n) is 16.9. The van der Waals surface area contributed by atoms with Gasteiger partial charge in [0.05, 0.1) is 50.5 Å². The lowest BCUT2D eigenvalue weighted by Gasteiger charge is -2.40. The second-order valence-electron chi connectivity index (χ2n) is 14.5. The third kappa shape index (κ3) is 6.22. The van der Waals surface area contributed by atoms with Gasteiger partial charge in [0.25, 0.3) is 0 Å². The lowest BCUT2D eigenvalue weighted by atomic mass is 9.70. The molecule has 4 aromatic carbocycles. The summed E-state index contributed by atoms with van der Waals surface area (Å²) >= 11 is 0. The highest BCUT2D eigenvalue weighted by Gasteiger charge is 2.39. The van der Waals surface area contributed by atoms with Gasteiger partial charge in [0, 0.05) is 10.8 Å². The summed E-state index contributed by atoms with van der Waals surface area (Å²) in [5.74, 6) is 1.80. The first-order valence-corrected chi connectivity index (χ1v) is 16.9. The van der Waals surface area contributed by atoms with Crippen LogP contribution in [0.1, 0.15) is 80.8 Å². The van der Waals surface area contributed by atoms with Crippen LogP contribution < -0.4 is 9.47 Å². The summed E-state index contributed by atoms with van der Waals surface area (Å²) in [7, 11) is 0. The predicted molar refractivity (Wildman–Crippen MR) is 186 cm³/mol. The zero-order valence-corrected chi connectivity index (χ0v) is 28.5. The zero-order valence-electron chi connectivity index (χ0n) is 28.5. The number of hydrogen-bond acceptors (Lipinski definition) is 4. The molecule has 2 aliphatic heterocycles. The second kappa shape index (κ2) is 12.9. The molecule has 0 N–H and O–H groups in total. The molecule has 46 heavy (non-hydrogen) atoms. The van der Waals surface area contributed by atoms with Crippen LogP contribution in [0.3, 0.4) is 0 Å². The van der Waals surface area contributed by atoms with Gasteiger partial charge in [0.2, 0.25) is 0 Å². The molecule has 0 aliphatic carbocycles. The van der Waals surface area contributed by atoms with Crippen molar-refractivity contribution in [3.05, 3.63) is 130 Å². The van der Waals surface area contributed by atoms with Gasteiger partial charge < -0.3 is 18.9 Å². The van der Waals surface area contributed by atoms with Gasteiger partial charge in [-0.15, -0.1) is 0 Å². The van der Waals surface area contributed by atoms with Crippen LogP contribution in [0.2, 0.25) is 0 Å². The van der Waals surface area contributed by atoms with Crippen LogP contribution in [0.4, 0.5) is 0 Å². The Morgan fingerprint density at radius 1 is 0.522 bits per heavy atom. The highest BCUT2D eigenvalue weighted by atomic mass is 16.5. The standard InChI is InChI=1S/C42H50O4/c1-7-41(25-43-26-41)29-45-37-21-17-35(18-22-37)40(6,36-19-23-38(24-20-36)46-30-42(8-2)27-44-28-42)34-15-13-33(14-16-34)39(4,5)32-11-9-31(3)10-12-32/h9-24H,7-8,25-30H2,1-6H3. The molecule has 0 radical (unpaired) electrons. The average Bonchev–Trinajstić information content (AvgIpc) is 3.05. The molecule has 4 heteroatoms. The fourth-order valence-electron chi connectivity index (χ4n) is 6.66. The van der Waals surface area contributed by atoms with E-state index in [1.165, 1.54) is 33.4 Å². The number of rotatable bonds is 13. The van der Waals surface area contributed by atoms with E-state index in [4.69, 9.17) is 18.9 Å². The number of ether oxygens (including phenoxy) is 4. The summed E-state index contributed by atoms with van der Waals surface area (Å²) in [5, 5.41) is 0. The largest absolute Gasteiger partial charge is 0.493 e. The van der Waals surface area contributed by atoms with Gasteiger partial charge >= 0.3 is 0 Å². The highest BCUT2D eigenvalue weighted by Crippen LogP contribution is 2.42. The Hall–Kier alpha value is -3.60. The molecule has 4 aromatic rings. The summed E-state index contributed by atoms with van der Waals surface area (Å²) < 4.78 is 23.5. The lowest BCUT2D eigenvalue weighted by molar-refractivity contribution is -0.133. The van der Waals surface area contributed by atoms with E-state index in [0.717, 1.165) is 50.8 Å².